The molecule has 0 fully saturated rings. The van der Waals surface area contributed by atoms with Crippen molar-refractivity contribution in [1.82, 2.24) is 9.97 Å². The van der Waals surface area contributed by atoms with Crippen molar-refractivity contribution in [2.45, 2.75) is 59.3 Å². The molecule has 0 spiro atoms. The van der Waals surface area contributed by atoms with E-state index >= 15 is 0 Å². The molecule has 0 saturated heterocycles. The van der Waals surface area contributed by atoms with Crippen molar-refractivity contribution in [3.8, 4) is 21.7 Å². The molecule has 0 amide bonds. The van der Waals surface area contributed by atoms with Crippen LogP contribution in [0.5, 0.6) is 0 Å². The van der Waals surface area contributed by atoms with Crippen molar-refractivity contribution in [3.05, 3.63) is 83.2 Å². The fourth-order valence-corrected chi connectivity index (χ4v) is 6.89. The van der Waals surface area contributed by atoms with E-state index in [1.807, 2.05) is 11.3 Å². The van der Waals surface area contributed by atoms with Crippen molar-refractivity contribution in [2.75, 3.05) is 0 Å². The summed E-state index contributed by atoms with van der Waals surface area (Å²) in [5, 5.41) is 3.85. The molecule has 5 aromatic rings. The van der Waals surface area contributed by atoms with Crippen LogP contribution >= 0.6 is 11.3 Å². The van der Waals surface area contributed by atoms with E-state index in [0.29, 0.717) is 5.92 Å². The minimum absolute atomic E-state index is 0.0432. The molecular weight excluding hydrogens is 444 g/mol. The highest BCUT2D eigenvalue weighted by molar-refractivity contribution is 7.22. The number of hydrogen-bond donors (Lipinski definition) is 0. The number of benzene rings is 3. The maximum atomic E-state index is 4.90. The van der Waals surface area contributed by atoms with E-state index in [1.165, 1.54) is 54.4 Å². The molecule has 0 bridgehead atoms. The van der Waals surface area contributed by atoms with Gasteiger partial charge in [-0.2, -0.15) is 0 Å². The molecule has 6 rings (SSSR count). The first-order valence-electron chi connectivity index (χ1n) is 12.7. The lowest BCUT2D eigenvalue weighted by Gasteiger charge is -2.23. The van der Waals surface area contributed by atoms with Gasteiger partial charge in [0.25, 0.3) is 0 Å². The van der Waals surface area contributed by atoms with Gasteiger partial charge in [0.1, 0.15) is 11.2 Å². The first kappa shape index (κ1) is 22.4. The molecular formula is C32H32N2S. The highest BCUT2D eigenvalue weighted by Crippen LogP contribution is 2.46. The Kier molecular flexibility index (Phi) is 5.30. The van der Waals surface area contributed by atoms with Crippen LogP contribution in [0.15, 0.2) is 60.9 Å². The highest BCUT2D eigenvalue weighted by Gasteiger charge is 2.26. The molecule has 3 heteroatoms. The molecule has 3 aromatic carbocycles. The maximum Gasteiger partial charge on any atom is 0.128 e. The normalized spacial score (nSPS) is 13.4. The van der Waals surface area contributed by atoms with Crippen LogP contribution in [-0.4, -0.2) is 9.97 Å². The van der Waals surface area contributed by atoms with Gasteiger partial charge in [-0.05, 0) is 81.3 Å². The van der Waals surface area contributed by atoms with Gasteiger partial charge in [0.15, 0.2) is 0 Å². The Balaban J connectivity index is 1.58. The number of aromatic nitrogens is 2. The lowest BCUT2D eigenvalue weighted by Crippen LogP contribution is -2.12. The van der Waals surface area contributed by atoms with Gasteiger partial charge in [-0.15, -0.1) is 11.3 Å². The van der Waals surface area contributed by atoms with Crippen LogP contribution in [0, 0.1) is 5.92 Å². The van der Waals surface area contributed by atoms with Crippen LogP contribution in [0.1, 0.15) is 56.9 Å². The molecule has 0 atom stereocenters. The molecule has 0 saturated carbocycles. The average Bonchev–Trinajstić information content (AvgIpc) is 3.22. The monoisotopic (exact) mass is 476 g/mol. The minimum atomic E-state index is 0.0432. The summed E-state index contributed by atoms with van der Waals surface area (Å²) in [6.07, 6.45) is 4.99. The molecule has 176 valence electrons. The predicted molar refractivity (Wildman–Crippen MR) is 150 cm³/mol. The average molecular weight is 477 g/mol. The molecule has 35 heavy (non-hydrogen) atoms. The van der Waals surface area contributed by atoms with Gasteiger partial charge in [-0.3, -0.25) is 0 Å². The summed E-state index contributed by atoms with van der Waals surface area (Å²) in [6.45, 7) is 11.5. The zero-order valence-electron chi connectivity index (χ0n) is 21.3. The molecule has 2 aromatic heterocycles. The number of thiophene rings is 1. The van der Waals surface area contributed by atoms with Gasteiger partial charge < -0.3 is 0 Å². The molecule has 0 unspecified atom stereocenters. The highest BCUT2D eigenvalue weighted by atomic mass is 32.1. The van der Waals surface area contributed by atoms with E-state index in [0.717, 1.165) is 29.8 Å². The van der Waals surface area contributed by atoms with E-state index in [1.54, 1.807) is 6.33 Å². The summed E-state index contributed by atoms with van der Waals surface area (Å²) in [5.74, 6) is 0.654. The van der Waals surface area contributed by atoms with Crippen LogP contribution in [0.3, 0.4) is 0 Å². The SMILES string of the molecule is CC(C)Cc1ccc2c(c1)-c1sc3ncnc(-c4cc(C(C)(C)C)c5ccccc5c4)c3c1CC2. The second-order valence-corrected chi connectivity index (χ2v) is 12.4. The van der Waals surface area contributed by atoms with Gasteiger partial charge in [-0.1, -0.05) is 77.1 Å². The summed E-state index contributed by atoms with van der Waals surface area (Å²) in [4.78, 5) is 12.2. The Hall–Kier alpha value is -3.04. The first-order valence-corrected chi connectivity index (χ1v) is 13.5. The summed E-state index contributed by atoms with van der Waals surface area (Å²) in [6, 6.07) is 20.5. The third-order valence-corrected chi connectivity index (χ3v) is 8.41. The number of rotatable bonds is 3. The van der Waals surface area contributed by atoms with Gasteiger partial charge >= 0.3 is 0 Å². The smallest absolute Gasteiger partial charge is 0.128 e. The van der Waals surface area contributed by atoms with Crippen LogP contribution in [0.4, 0.5) is 0 Å². The Bertz CT molecular complexity index is 1580. The molecule has 2 nitrogen and oxygen atoms in total. The standard InChI is InChI=1S/C32H32N2S/c1-19(2)14-20-10-11-21-12-13-25-28-29(33-18-34-31(28)35-30(25)26(21)15-20)23-16-22-8-6-7-9-24(22)27(17-23)32(3,4)5/h6-11,15-19H,12-14H2,1-5H3. The third kappa shape index (κ3) is 3.87. The summed E-state index contributed by atoms with van der Waals surface area (Å²) in [5.41, 5.74) is 9.41. The molecule has 2 heterocycles. The summed E-state index contributed by atoms with van der Waals surface area (Å²) >= 11 is 1.84. The Morgan fingerprint density at radius 1 is 0.943 bits per heavy atom. The summed E-state index contributed by atoms with van der Waals surface area (Å²) in [7, 11) is 0. The maximum absolute atomic E-state index is 4.90. The van der Waals surface area contributed by atoms with Crippen molar-refractivity contribution < 1.29 is 0 Å². The van der Waals surface area contributed by atoms with E-state index in [2.05, 4.69) is 89.2 Å². The lowest BCUT2D eigenvalue weighted by molar-refractivity contribution is 0.596. The van der Waals surface area contributed by atoms with E-state index < -0.39 is 0 Å². The fourth-order valence-electron chi connectivity index (χ4n) is 5.64. The minimum Gasteiger partial charge on any atom is -0.236 e. The van der Waals surface area contributed by atoms with E-state index in [4.69, 9.17) is 9.97 Å². The molecule has 0 radical (unpaired) electrons. The van der Waals surface area contributed by atoms with E-state index in [9.17, 15) is 0 Å². The molecule has 0 N–H and O–H groups in total. The topological polar surface area (TPSA) is 25.8 Å². The first-order chi connectivity index (χ1) is 16.8. The zero-order chi connectivity index (χ0) is 24.3. The van der Waals surface area contributed by atoms with Crippen molar-refractivity contribution in [1.29, 1.82) is 0 Å². The van der Waals surface area contributed by atoms with Crippen LogP contribution in [-0.2, 0) is 24.7 Å². The van der Waals surface area contributed by atoms with Gasteiger partial charge in [0.2, 0.25) is 0 Å². The van der Waals surface area contributed by atoms with Gasteiger partial charge in [0.05, 0.1) is 5.69 Å². The van der Waals surface area contributed by atoms with Crippen molar-refractivity contribution in [2.24, 2.45) is 5.92 Å². The molecule has 0 aliphatic heterocycles. The number of hydrogen-bond acceptors (Lipinski definition) is 3. The Labute approximate surface area is 212 Å². The van der Waals surface area contributed by atoms with Gasteiger partial charge in [-0.25, -0.2) is 9.97 Å². The van der Waals surface area contributed by atoms with E-state index in [-0.39, 0.29) is 5.41 Å². The fraction of sp³-hybridized carbons (Fsp3) is 0.312. The predicted octanol–water partition coefficient (Wildman–Crippen LogP) is 8.77. The van der Waals surface area contributed by atoms with Crippen LogP contribution in [0.25, 0.3) is 42.7 Å². The second-order valence-electron chi connectivity index (χ2n) is 11.4. The second kappa shape index (κ2) is 8.27. The van der Waals surface area contributed by atoms with Gasteiger partial charge in [0, 0.05) is 15.8 Å². The number of nitrogens with zero attached hydrogens (tertiary/aromatic N) is 2. The molecule has 1 aliphatic carbocycles. The summed E-state index contributed by atoms with van der Waals surface area (Å²) < 4.78 is 0. The Morgan fingerprint density at radius 2 is 1.77 bits per heavy atom. The van der Waals surface area contributed by atoms with Crippen LogP contribution < -0.4 is 0 Å². The van der Waals surface area contributed by atoms with Crippen LogP contribution in [0.2, 0.25) is 0 Å². The number of fused-ring (bicyclic) bond motifs is 6. The number of aryl methyl sites for hydroxylation is 2. The lowest BCUT2D eigenvalue weighted by atomic mass is 9.82. The molecule has 1 aliphatic rings. The van der Waals surface area contributed by atoms with Crippen molar-refractivity contribution in [3.63, 3.8) is 0 Å². The van der Waals surface area contributed by atoms with Crippen molar-refractivity contribution >= 4 is 32.3 Å². The third-order valence-electron chi connectivity index (χ3n) is 7.24. The largest absolute Gasteiger partial charge is 0.236 e. The Morgan fingerprint density at radius 3 is 2.57 bits per heavy atom. The zero-order valence-corrected chi connectivity index (χ0v) is 22.1. The quantitative estimate of drug-likeness (QED) is 0.260.